The Morgan fingerprint density at radius 2 is 1.81 bits per heavy atom. The number of halogens is 3. The first-order valence-corrected chi connectivity index (χ1v) is 7.51. The summed E-state index contributed by atoms with van der Waals surface area (Å²) in [5, 5.41) is 12.5. The fourth-order valence-corrected chi connectivity index (χ4v) is 2.88. The molecule has 1 amide bonds. The lowest BCUT2D eigenvalue weighted by molar-refractivity contribution is -0.0328. The second kappa shape index (κ2) is 6.70. The molecule has 0 radical (unpaired) electrons. The Morgan fingerprint density at radius 3 is 2.38 bits per heavy atom. The number of nitrogens with one attached hydrogen (secondary N) is 1. The molecule has 116 valence electrons. The van der Waals surface area contributed by atoms with Gasteiger partial charge in [0.15, 0.2) is 0 Å². The third-order valence-electron chi connectivity index (χ3n) is 3.40. The van der Waals surface area contributed by atoms with Crippen molar-refractivity contribution in [3.63, 3.8) is 0 Å². The van der Waals surface area contributed by atoms with Gasteiger partial charge in [-0.3, -0.25) is 4.79 Å². The molecule has 2 rings (SSSR count). The molecule has 0 aromatic heterocycles. The Morgan fingerprint density at radius 1 is 1.19 bits per heavy atom. The van der Waals surface area contributed by atoms with Crippen LogP contribution in [0.1, 0.15) is 36.0 Å². The Bertz CT molecular complexity index is 490. The highest BCUT2D eigenvalue weighted by Gasteiger charge is 2.29. The maximum absolute atomic E-state index is 12.2. The number of carbonyl (C=O) groups excluding carboxylic acids is 1. The van der Waals surface area contributed by atoms with E-state index in [1.54, 1.807) is 0 Å². The van der Waals surface area contributed by atoms with Crippen molar-refractivity contribution in [3.8, 4) is 0 Å². The van der Waals surface area contributed by atoms with Crippen LogP contribution in [0.3, 0.4) is 0 Å². The van der Waals surface area contributed by atoms with Crippen LogP contribution in [-0.4, -0.2) is 28.7 Å². The summed E-state index contributed by atoms with van der Waals surface area (Å²) in [6.45, 7) is 0. The van der Waals surface area contributed by atoms with Gasteiger partial charge in [0.05, 0.1) is 12.1 Å². The normalized spacial score (nSPS) is 22.9. The van der Waals surface area contributed by atoms with Gasteiger partial charge in [-0.15, -0.1) is 0 Å². The lowest BCUT2D eigenvalue weighted by Gasteiger charge is -2.28. The van der Waals surface area contributed by atoms with Crippen LogP contribution in [-0.2, 0) is 0 Å². The quantitative estimate of drug-likeness (QED) is 0.840. The van der Waals surface area contributed by atoms with Crippen molar-refractivity contribution in [1.29, 1.82) is 0 Å². The Balaban J connectivity index is 1.96. The molecule has 0 unspecified atom stereocenters. The van der Waals surface area contributed by atoms with Crippen LogP contribution >= 0.6 is 11.8 Å². The van der Waals surface area contributed by atoms with Crippen molar-refractivity contribution < 1.29 is 23.1 Å². The maximum atomic E-state index is 12.2. The number of aliphatic hydroxyl groups excluding tert-OH is 1. The second-order valence-electron chi connectivity index (χ2n) is 5.00. The molecule has 0 saturated heterocycles. The van der Waals surface area contributed by atoms with E-state index >= 15 is 0 Å². The van der Waals surface area contributed by atoms with Gasteiger partial charge in [0.25, 0.3) is 5.91 Å². The van der Waals surface area contributed by atoms with Crippen molar-refractivity contribution >= 4 is 17.7 Å². The highest BCUT2D eigenvalue weighted by atomic mass is 32.2. The molecule has 7 heteroatoms. The molecular weight excluding hydrogens is 303 g/mol. The van der Waals surface area contributed by atoms with Crippen molar-refractivity contribution in [2.45, 2.75) is 48.2 Å². The summed E-state index contributed by atoms with van der Waals surface area (Å²) in [6, 6.07) is 4.97. The molecule has 1 aromatic rings. The number of hydrogen-bond acceptors (Lipinski definition) is 3. The van der Waals surface area contributed by atoms with Crippen LogP contribution in [0, 0.1) is 0 Å². The monoisotopic (exact) mass is 319 g/mol. The molecule has 2 atom stereocenters. The minimum absolute atomic E-state index is 0.0387. The van der Waals surface area contributed by atoms with Crippen molar-refractivity contribution in [2.75, 3.05) is 0 Å². The SMILES string of the molecule is O=C(N[C@H]1CCCC[C@@H]1O)c1ccc(SC(F)(F)F)cc1. The minimum Gasteiger partial charge on any atom is -0.391 e. The molecule has 1 aromatic carbocycles. The molecule has 21 heavy (non-hydrogen) atoms. The van der Waals surface area contributed by atoms with Crippen molar-refractivity contribution in [2.24, 2.45) is 0 Å². The minimum atomic E-state index is -4.34. The molecule has 0 heterocycles. The Hall–Kier alpha value is -1.21. The van der Waals surface area contributed by atoms with Gasteiger partial charge in [0.1, 0.15) is 0 Å². The molecule has 3 nitrogen and oxygen atoms in total. The first-order valence-electron chi connectivity index (χ1n) is 6.70. The zero-order chi connectivity index (χ0) is 15.5. The van der Waals surface area contributed by atoms with E-state index < -0.39 is 11.6 Å². The van der Waals surface area contributed by atoms with E-state index in [0.717, 1.165) is 19.3 Å². The molecule has 2 N–H and O–H groups in total. The van der Waals surface area contributed by atoms with Gasteiger partial charge in [-0.1, -0.05) is 12.8 Å². The van der Waals surface area contributed by atoms with Gasteiger partial charge in [-0.2, -0.15) is 13.2 Å². The molecule has 1 fully saturated rings. The largest absolute Gasteiger partial charge is 0.446 e. The van der Waals surface area contributed by atoms with E-state index in [-0.39, 0.29) is 28.6 Å². The number of thioether (sulfide) groups is 1. The summed E-state index contributed by atoms with van der Waals surface area (Å²) < 4.78 is 36.6. The third kappa shape index (κ3) is 4.93. The average molecular weight is 319 g/mol. The smallest absolute Gasteiger partial charge is 0.391 e. The van der Waals surface area contributed by atoms with Gasteiger partial charge in [-0.05, 0) is 48.9 Å². The first-order chi connectivity index (χ1) is 9.85. The second-order valence-corrected chi connectivity index (χ2v) is 6.14. The van der Waals surface area contributed by atoms with Gasteiger partial charge in [0, 0.05) is 10.5 Å². The van der Waals surface area contributed by atoms with E-state index in [4.69, 9.17) is 0 Å². The fraction of sp³-hybridized carbons (Fsp3) is 0.500. The van der Waals surface area contributed by atoms with E-state index in [1.807, 2.05) is 0 Å². The average Bonchev–Trinajstić information content (AvgIpc) is 2.40. The zero-order valence-corrected chi connectivity index (χ0v) is 12.0. The summed E-state index contributed by atoms with van der Waals surface area (Å²) in [7, 11) is 0. The predicted octanol–water partition coefficient (Wildman–Crippen LogP) is 3.33. The predicted molar refractivity (Wildman–Crippen MR) is 74.1 cm³/mol. The fourth-order valence-electron chi connectivity index (χ4n) is 2.34. The summed E-state index contributed by atoms with van der Waals surface area (Å²) in [6.07, 6.45) is 2.71. The van der Waals surface area contributed by atoms with Crippen molar-refractivity contribution in [1.82, 2.24) is 5.32 Å². The molecular formula is C14H16F3NO2S. The summed E-state index contributed by atoms with van der Waals surface area (Å²) in [4.78, 5) is 12.0. The van der Waals surface area contributed by atoms with E-state index in [0.29, 0.717) is 12.0 Å². The van der Waals surface area contributed by atoms with Gasteiger partial charge >= 0.3 is 5.51 Å². The van der Waals surface area contributed by atoms with E-state index in [9.17, 15) is 23.1 Å². The number of alkyl halides is 3. The maximum Gasteiger partial charge on any atom is 0.446 e. The highest BCUT2D eigenvalue weighted by molar-refractivity contribution is 8.00. The van der Waals surface area contributed by atoms with Crippen LogP contribution < -0.4 is 5.32 Å². The Kier molecular flexibility index (Phi) is 5.16. The molecule has 0 aliphatic heterocycles. The highest BCUT2D eigenvalue weighted by Crippen LogP contribution is 2.36. The lowest BCUT2D eigenvalue weighted by atomic mass is 9.92. The lowest BCUT2D eigenvalue weighted by Crippen LogP contribution is -2.45. The van der Waals surface area contributed by atoms with Crippen LogP contribution in [0.2, 0.25) is 0 Å². The summed E-state index contributed by atoms with van der Waals surface area (Å²) in [5.41, 5.74) is -4.05. The van der Waals surface area contributed by atoms with Crippen molar-refractivity contribution in [3.05, 3.63) is 29.8 Å². The first kappa shape index (κ1) is 16.2. The van der Waals surface area contributed by atoms with Crippen LogP contribution in [0.25, 0.3) is 0 Å². The van der Waals surface area contributed by atoms with Gasteiger partial charge in [-0.25, -0.2) is 0 Å². The number of amides is 1. The molecule has 1 aliphatic carbocycles. The van der Waals surface area contributed by atoms with E-state index in [1.165, 1.54) is 24.3 Å². The third-order valence-corrected chi connectivity index (χ3v) is 4.14. The van der Waals surface area contributed by atoms with Gasteiger partial charge in [0.2, 0.25) is 0 Å². The molecule has 0 bridgehead atoms. The summed E-state index contributed by atoms with van der Waals surface area (Å²) >= 11 is -0.214. The van der Waals surface area contributed by atoms with Crippen LogP contribution in [0.15, 0.2) is 29.2 Å². The Labute approximate surface area is 124 Å². The number of rotatable bonds is 3. The zero-order valence-electron chi connectivity index (χ0n) is 11.2. The van der Waals surface area contributed by atoms with E-state index in [2.05, 4.69) is 5.32 Å². The number of carbonyl (C=O) groups is 1. The summed E-state index contributed by atoms with van der Waals surface area (Å²) in [5.74, 6) is -0.371. The molecule has 1 saturated carbocycles. The number of aliphatic hydroxyl groups is 1. The topological polar surface area (TPSA) is 49.3 Å². The van der Waals surface area contributed by atoms with Crippen LogP contribution in [0.5, 0.6) is 0 Å². The standard InChI is InChI=1S/C14H16F3NO2S/c15-14(16,17)21-10-7-5-9(6-8-10)13(20)18-11-3-1-2-4-12(11)19/h5-8,11-12,19H,1-4H2,(H,18,20)/t11-,12-/m0/s1. The molecule has 0 spiro atoms. The molecule has 1 aliphatic rings. The van der Waals surface area contributed by atoms with Gasteiger partial charge < -0.3 is 10.4 Å². The van der Waals surface area contributed by atoms with Crippen LogP contribution in [0.4, 0.5) is 13.2 Å². The number of benzene rings is 1. The number of hydrogen-bond donors (Lipinski definition) is 2.